The van der Waals surface area contributed by atoms with Gasteiger partial charge in [0.05, 0.1) is 17.1 Å². The second kappa shape index (κ2) is 12.8. The van der Waals surface area contributed by atoms with E-state index in [1.54, 1.807) is 6.92 Å². The van der Waals surface area contributed by atoms with E-state index in [0.29, 0.717) is 12.3 Å². The van der Waals surface area contributed by atoms with E-state index in [9.17, 15) is 19.2 Å². The van der Waals surface area contributed by atoms with Crippen molar-refractivity contribution in [2.45, 2.75) is 52.5 Å². The molecule has 1 aromatic heterocycles. The Hall–Kier alpha value is -3.37. The molecule has 2 aromatic rings. The van der Waals surface area contributed by atoms with E-state index in [-0.39, 0.29) is 29.2 Å². The van der Waals surface area contributed by atoms with Crippen molar-refractivity contribution in [2.75, 3.05) is 17.7 Å². The van der Waals surface area contributed by atoms with Crippen LogP contribution in [0.2, 0.25) is 5.02 Å². The highest BCUT2D eigenvalue weighted by Crippen LogP contribution is 2.20. The maximum Gasteiger partial charge on any atom is 0.310 e. The van der Waals surface area contributed by atoms with Gasteiger partial charge in [-0.1, -0.05) is 31.9 Å². The molecule has 0 aliphatic carbocycles. The third kappa shape index (κ3) is 7.32. The minimum absolute atomic E-state index is 0.0141. The number of hydrogen-bond donors (Lipinski definition) is 3. The number of rotatable bonds is 7. The lowest BCUT2D eigenvalue weighted by atomic mass is 10.2. The monoisotopic (exact) mass is 492 g/mol. The van der Waals surface area contributed by atoms with Gasteiger partial charge in [-0.3, -0.25) is 19.2 Å². The molecule has 1 aliphatic rings. The molecular formula is C23H29ClN4O6. The number of pyridine rings is 1. The fourth-order valence-electron chi connectivity index (χ4n) is 3.00. The van der Waals surface area contributed by atoms with Crippen molar-refractivity contribution in [2.24, 2.45) is 0 Å². The number of nitrogen functional groups attached to an aromatic ring is 1. The Morgan fingerprint density at radius 1 is 1.24 bits per heavy atom. The summed E-state index contributed by atoms with van der Waals surface area (Å²) in [4.78, 5) is 49.0. The number of nitrogens with zero attached hydrogens (tertiary/aromatic N) is 1. The number of carbonyl (C=O) groups excluding carboxylic acids is 3. The number of ether oxygens (including phenoxy) is 2. The number of esters is 1. The Balaban J connectivity index is 0.00000129. The summed E-state index contributed by atoms with van der Waals surface area (Å²) in [5, 5.41) is 5.35. The molecule has 1 aliphatic heterocycles. The van der Waals surface area contributed by atoms with Crippen molar-refractivity contribution in [1.82, 2.24) is 9.88 Å². The summed E-state index contributed by atoms with van der Waals surface area (Å²) in [7, 11) is 0. The minimum atomic E-state index is -0.865. The maximum absolute atomic E-state index is 12.7. The molecule has 0 radical (unpaired) electrons. The average molecular weight is 493 g/mol. The van der Waals surface area contributed by atoms with Gasteiger partial charge in [0.2, 0.25) is 12.2 Å². The first-order valence-electron chi connectivity index (χ1n) is 10.9. The lowest BCUT2D eigenvalue weighted by Gasteiger charge is -2.18. The van der Waals surface area contributed by atoms with Crippen LogP contribution in [-0.4, -0.2) is 41.3 Å². The number of carbonyl (C=O) groups is 3. The topological polar surface area (TPSA) is 142 Å². The number of aromatic nitrogens is 1. The lowest BCUT2D eigenvalue weighted by molar-refractivity contribution is -0.164. The molecule has 3 rings (SSSR count). The van der Waals surface area contributed by atoms with E-state index in [0.717, 1.165) is 4.57 Å². The number of hydrogen-bond acceptors (Lipinski definition) is 7. The first-order valence-corrected chi connectivity index (χ1v) is 11.2. The van der Waals surface area contributed by atoms with Crippen LogP contribution < -0.4 is 21.9 Å². The van der Waals surface area contributed by atoms with Gasteiger partial charge in [-0.05, 0) is 37.3 Å². The van der Waals surface area contributed by atoms with Crippen molar-refractivity contribution in [3.05, 3.63) is 57.5 Å². The van der Waals surface area contributed by atoms with Crippen LogP contribution in [0.25, 0.3) is 0 Å². The molecule has 0 bridgehead atoms. The van der Waals surface area contributed by atoms with Crippen molar-refractivity contribution < 1.29 is 23.9 Å². The average Bonchev–Trinajstić information content (AvgIpc) is 3.12. The Bertz CT molecular complexity index is 1090. The Morgan fingerprint density at radius 2 is 1.94 bits per heavy atom. The highest BCUT2D eigenvalue weighted by Gasteiger charge is 2.36. The third-order valence-electron chi connectivity index (χ3n) is 4.48. The van der Waals surface area contributed by atoms with Crippen LogP contribution in [0.4, 0.5) is 11.4 Å². The molecule has 2 atom stereocenters. The van der Waals surface area contributed by atoms with Crippen LogP contribution in [0, 0.1) is 0 Å². The predicted octanol–water partition coefficient (Wildman–Crippen LogP) is 2.55. The summed E-state index contributed by atoms with van der Waals surface area (Å²) in [6, 6.07) is 6.64. The van der Waals surface area contributed by atoms with Gasteiger partial charge in [0.15, 0.2) is 0 Å². The van der Waals surface area contributed by atoms with Crippen molar-refractivity contribution in [3.8, 4) is 0 Å². The number of nitrogens with one attached hydrogen (secondary N) is 2. The number of benzene rings is 1. The molecular weight excluding hydrogens is 464 g/mol. The fourth-order valence-corrected chi connectivity index (χ4v) is 3.18. The van der Waals surface area contributed by atoms with Crippen LogP contribution in [0.15, 0.2) is 41.3 Å². The first-order chi connectivity index (χ1) is 16.2. The molecule has 11 heteroatoms. The van der Waals surface area contributed by atoms with Gasteiger partial charge in [0, 0.05) is 18.4 Å². The summed E-state index contributed by atoms with van der Waals surface area (Å²) < 4.78 is 11.4. The third-order valence-corrected chi connectivity index (χ3v) is 4.81. The number of halogens is 1. The van der Waals surface area contributed by atoms with E-state index < -0.39 is 35.7 Å². The van der Waals surface area contributed by atoms with Crippen LogP contribution in [-0.2, 0) is 25.6 Å². The molecule has 10 nitrogen and oxygen atoms in total. The maximum atomic E-state index is 12.7. The smallest absolute Gasteiger partial charge is 0.310 e. The second-order valence-electron chi connectivity index (χ2n) is 7.44. The van der Waals surface area contributed by atoms with Gasteiger partial charge in [-0.25, -0.2) is 0 Å². The number of anilines is 2. The summed E-state index contributed by atoms with van der Waals surface area (Å²) >= 11 is 5.93. The molecule has 2 unspecified atom stereocenters. The quantitative estimate of drug-likeness (QED) is 0.398. The molecule has 2 amide bonds. The van der Waals surface area contributed by atoms with E-state index in [1.165, 1.54) is 42.9 Å². The summed E-state index contributed by atoms with van der Waals surface area (Å²) in [5.74, 6) is -1.54. The van der Waals surface area contributed by atoms with Crippen molar-refractivity contribution in [3.63, 3.8) is 0 Å². The summed E-state index contributed by atoms with van der Waals surface area (Å²) in [6.45, 7) is 5.98. The number of cyclic esters (lactones) is 1. The van der Waals surface area contributed by atoms with Gasteiger partial charge in [0.25, 0.3) is 11.5 Å². The van der Waals surface area contributed by atoms with Crippen molar-refractivity contribution in [1.29, 1.82) is 0 Å². The number of nitrogens with two attached hydrogens (primary N) is 1. The molecule has 0 saturated carbocycles. The highest BCUT2D eigenvalue weighted by atomic mass is 35.5. The predicted molar refractivity (Wildman–Crippen MR) is 129 cm³/mol. The Kier molecular flexibility index (Phi) is 10.1. The standard InChI is InChI=1S/C20H21ClN4O6.C3H8/c1-2-30-20-15(9-17(27)31-20)23-16(26)10-25-7-3-4-14(19(25)29)24-18(28)11-5-6-13(22)12(21)8-11;1-3-2/h3-8,15,20H,2,9-10,22H2,1H3,(H,23,26)(H,24,28);3H2,1-2H3. The van der Waals surface area contributed by atoms with Crippen LogP contribution in [0.3, 0.4) is 0 Å². The van der Waals surface area contributed by atoms with E-state index in [4.69, 9.17) is 26.8 Å². The molecule has 1 aromatic carbocycles. The van der Waals surface area contributed by atoms with Crippen LogP contribution in [0.1, 0.15) is 44.0 Å². The molecule has 1 saturated heterocycles. The highest BCUT2D eigenvalue weighted by molar-refractivity contribution is 6.33. The zero-order chi connectivity index (χ0) is 25.3. The molecule has 4 N–H and O–H groups in total. The van der Waals surface area contributed by atoms with Gasteiger partial charge in [-0.2, -0.15) is 0 Å². The minimum Gasteiger partial charge on any atom is -0.433 e. The molecule has 0 spiro atoms. The zero-order valence-corrected chi connectivity index (χ0v) is 20.1. The van der Waals surface area contributed by atoms with Crippen LogP contribution >= 0.6 is 11.6 Å². The van der Waals surface area contributed by atoms with Gasteiger partial charge in [0.1, 0.15) is 18.3 Å². The molecule has 34 heavy (non-hydrogen) atoms. The zero-order valence-electron chi connectivity index (χ0n) is 19.3. The summed E-state index contributed by atoms with van der Waals surface area (Å²) in [6.07, 6.45) is 1.77. The van der Waals surface area contributed by atoms with Gasteiger partial charge >= 0.3 is 5.97 Å². The first kappa shape index (κ1) is 26.9. The van der Waals surface area contributed by atoms with Gasteiger partial charge < -0.3 is 30.4 Å². The Morgan fingerprint density at radius 3 is 2.59 bits per heavy atom. The molecule has 184 valence electrons. The number of amides is 2. The Labute approximate surface area is 202 Å². The van der Waals surface area contributed by atoms with E-state index >= 15 is 0 Å². The summed E-state index contributed by atoms with van der Waals surface area (Å²) in [5.41, 5.74) is 5.59. The van der Waals surface area contributed by atoms with Crippen molar-refractivity contribution >= 4 is 40.8 Å². The molecule has 2 heterocycles. The largest absolute Gasteiger partial charge is 0.433 e. The van der Waals surface area contributed by atoms with Crippen LogP contribution in [0.5, 0.6) is 0 Å². The van der Waals surface area contributed by atoms with Gasteiger partial charge in [-0.15, -0.1) is 0 Å². The van der Waals surface area contributed by atoms with E-state index in [2.05, 4.69) is 24.5 Å². The van der Waals surface area contributed by atoms with E-state index in [1.807, 2.05) is 0 Å². The normalized spacial score (nSPS) is 16.8. The molecule has 1 fully saturated rings. The fraction of sp³-hybridized carbons (Fsp3) is 0.391. The lowest BCUT2D eigenvalue weighted by Crippen LogP contribution is -2.44. The SMILES string of the molecule is CCC.CCOC1OC(=O)CC1NC(=O)Cn1cccc(NC(=O)c2ccc(N)c(Cl)c2)c1=O. The second-order valence-corrected chi connectivity index (χ2v) is 7.85.